The Balaban J connectivity index is 2.14. The Hall–Kier alpha value is -1.06. The molecule has 0 unspecified atom stereocenters. The van der Waals surface area contributed by atoms with Gasteiger partial charge in [-0.3, -0.25) is 4.90 Å². The van der Waals surface area contributed by atoms with E-state index in [4.69, 9.17) is 0 Å². The molecule has 88 valence electrons. The van der Waals surface area contributed by atoms with Crippen molar-refractivity contribution >= 4 is 0 Å². The number of aryl methyl sites for hydroxylation is 2. The summed E-state index contributed by atoms with van der Waals surface area (Å²) in [4.78, 5) is 2.46. The summed E-state index contributed by atoms with van der Waals surface area (Å²) in [5.41, 5.74) is 3.74. The van der Waals surface area contributed by atoms with E-state index in [9.17, 15) is 5.11 Å². The van der Waals surface area contributed by atoms with Crippen molar-refractivity contribution in [1.29, 1.82) is 0 Å². The van der Waals surface area contributed by atoms with Crippen LogP contribution < -0.4 is 5.32 Å². The number of rotatable bonds is 2. The van der Waals surface area contributed by atoms with Gasteiger partial charge in [-0.2, -0.15) is 0 Å². The van der Waals surface area contributed by atoms with Crippen molar-refractivity contribution in [2.45, 2.75) is 20.4 Å². The SMILES string of the molecule is Cc1cc(O)cc(C)c1CN1CCNCC1. The summed E-state index contributed by atoms with van der Waals surface area (Å²) >= 11 is 0. The van der Waals surface area contributed by atoms with Gasteiger partial charge in [-0.05, 0) is 42.7 Å². The van der Waals surface area contributed by atoms with Gasteiger partial charge in [-0.15, -0.1) is 0 Å². The van der Waals surface area contributed by atoms with Crippen LogP contribution in [0.3, 0.4) is 0 Å². The summed E-state index contributed by atoms with van der Waals surface area (Å²) in [6.07, 6.45) is 0. The van der Waals surface area contributed by atoms with Crippen LogP contribution in [-0.4, -0.2) is 36.2 Å². The molecule has 3 nitrogen and oxygen atoms in total. The highest BCUT2D eigenvalue weighted by atomic mass is 16.3. The molecule has 0 amide bonds. The molecule has 0 saturated carbocycles. The van der Waals surface area contributed by atoms with Crippen molar-refractivity contribution in [1.82, 2.24) is 10.2 Å². The lowest BCUT2D eigenvalue weighted by Crippen LogP contribution is -2.43. The van der Waals surface area contributed by atoms with E-state index in [1.807, 2.05) is 12.1 Å². The van der Waals surface area contributed by atoms with Gasteiger partial charge in [0.2, 0.25) is 0 Å². The minimum atomic E-state index is 0.374. The second kappa shape index (κ2) is 4.85. The molecule has 1 saturated heterocycles. The van der Waals surface area contributed by atoms with Crippen molar-refractivity contribution in [3.05, 3.63) is 28.8 Å². The van der Waals surface area contributed by atoms with E-state index < -0.39 is 0 Å². The maximum Gasteiger partial charge on any atom is 0.116 e. The summed E-state index contributed by atoms with van der Waals surface area (Å²) in [6.45, 7) is 9.53. The largest absolute Gasteiger partial charge is 0.508 e. The van der Waals surface area contributed by atoms with Gasteiger partial charge in [-0.1, -0.05) is 0 Å². The van der Waals surface area contributed by atoms with E-state index >= 15 is 0 Å². The molecule has 16 heavy (non-hydrogen) atoms. The molecular formula is C13H20N2O. The quantitative estimate of drug-likeness (QED) is 0.791. The lowest BCUT2D eigenvalue weighted by atomic mass is 10.0. The molecule has 0 aromatic heterocycles. The molecule has 3 heteroatoms. The lowest BCUT2D eigenvalue weighted by Gasteiger charge is -2.28. The fourth-order valence-electron chi connectivity index (χ4n) is 2.31. The minimum absolute atomic E-state index is 0.374. The molecule has 1 aliphatic rings. The van der Waals surface area contributed by atoms with Crippen molar-refractivity contribution in [2.75, 3.05) is 26.2 Å². The number of nitrogens with one attached hydrogen (secondary N) is 1. The molecule has 1 aliphatic heterocycles. The molecule has 1 heterocycles. The molecule has 1 aromatic rings. The first kappa shape index (κ1) is 11.4. The van der Waals surface area contributed by atoms with Crippen LogP contribution in [0, 0.1) is 13.8 Å². The predicted molar refractivity (Wildman–Crippen MR) is 65.7 cm³/mol. The van der Waals surface area contributed by atoms with Crippen molar-refractivity contribution in [3.8, 4) is 5.75 Å². The Morgan fingerprint density at radius 2 is 1.75 bits per heavy atom. The van der Waals surface area contributed by atoms with Gasteiger partial charge in [0.1, 0.15) is 5.75 Å². The van der Waals surface area contributed by atoms with Gasteiger partial charge in [0, 0.05) is 32.7 Å². The normalized spacial score (nSPS) is 17.6. The highest BCUT2D eigenvalue weighted by molar-refractivity contribution is 5.40. The highest BCUT2D eigenvalue weighted by Gasteiger charge is 2.13. The predicted octanol–water partition coefficient (Wildman–Crippen LogP) is 1.41. The summed E-state index contributed by atoms with van der Waals surface area (Å²) in [5, 5.41) is 12.9. The van der Waals surface area contributed by atoms with Gasteiger partial charge in [0.15, 0.2) is 0 Å². The second-order valence-corrected chi connectivity index (χ2v) is 4.58. The van der Waals surface area contributed by atoms with E-state index in [0.29, 0.717) is 5.75 Å². The Labute approximate surface area is 97.1 Å². The smallest absolute Gasteiger partial charge is 0.116 e. The fraction of sp³-hybridized carbons (Fsp3) is 0.538. The number of piperazine rings is 1. The van der Waals surface area contributed by atoms with E-state index in [-0.39, 0.29) is 0 Å². The second-order valence-electron chi connectivity index (χ2n) is 4.58. The molecule has 0 atom stereocenters. The minimum Gasteiger partial charge on any atom is -0.508 e. The molecule has 0 spiro atoms. The molecule has 0 bridgehead atoms. The van der Waals surface area contributed by atoms with Gasteiger partial charge in [0.25, 0.3) is 0 Å². The Morgan fingerprint density at radius 3 is 2.31 bits per heavy atom. The maximum atomic E-state index is 9.50. The number of aromatic hydroxyl groups is 1. The number of hydrogen-bond acceptors (Lipinski definition) is 3. The molecule has 0 radical (unpaired) electrons. The van der Waals surface area contributed by atoms with Crippen LogP contribution in [0.4, 0.5) is 0 Å². The zero-order chi connectivity index (χ0) is 11.5. The maximum absolute atomic E-state index is 9.50. The zero-order valence-electron chi connectivity index (χ0n) is 10.1. The first-order valence-corrected chi connectivity index (χ1v) is 5.89. The van der Waals surface area contributed by atoms with E-state index in [1.54, 1.807) is 0 Å². The van der Waals surface area contributed by atoms with Crippen LogP contribution in [0.1, 0.15) is 16.7 Å². The van der Waals surface area contributed by atoms with Crippen LogP contribution in [-0.2, 0) is 6.54 Å². The highest BCUT2D eigenvalue weighted by Crippen LogP contribution is 2.22. The van der Waals surface area contributed by atoms with Gasteiger partial charge < -0.3 is 10.4 Å². The number of phenols is 1. The number of benzene rings is 1. The zero-order valence-corrected chi connectivity index (χ0v) is 10.1. The third-order valence-corrected chi connectivity index (χ3v) is 3.27. The van der Waals surface area contributed by atoms with E-state index in [0.717, 1.165) is 32.7 Å². The summed E-state index contributed by atoms with van der Waals surface area (Å²) in [6, 6.07) is 3.70. The average Bonchev–Trinajstić information content (AvgIpc) is 2.25. The Morgan fingerprint density at radius 1 is 1.19 bits per heavy atom. The van der Waals surface area contributed by atoms with E-state index in [1.165, 1.54) is 16.7 Å². The Kier molecular flexibility index (Phi) is 3.46. The van der Waals surface area contributed by atoms with Crippen LogP contribution in [0.2, 0.25) is 0 Å². The van der Waals surface area contributed by atoms with Crippen LogP contribution in [0.5, 0.6) is 5.75 Å². The summed E-state index contributed by atoms with van der Waals surface area (Å²) in [5.74, 6) is 0.374. The third kappa shape index (κ3) is 2.54. The van der Waals surface area contributed by atoms with Crippen molar-refractivity contribution in [2.24, 2.45) is 0 Å². The topological polar surface area (TPSA) is 35.5 Å². The number of nitrogens with zero attached hydrogens (tertiary/aromatic N) is 1. The average molecular weight is 220 g/mol. The van der Waals surface area contributed by atoms with Crippen LogP contribution in [0.15, 0.2) is 12.1 Å². The monoisotopic (exact) mass is 220 g/mol. The lowest BCUT2D eigenvalue weighted by molar-refractivity contribution is 0.232. The van der Waals surface area contributed by atoms with Gasteiger partial charge in [-0.25, -0.2) is 0 Å². The molecular weight excluding hydrogens is 200 g/mol. The summed E-state index contributed by atoms with van der Waals surface area (Å²) < 4.78 is 0. The fourth-order valence-corrected chi connectivity index (χ4v) is 2.31. The van der Waals surface area contributed by atoms with Crippen molar-refractivity contribution < 1.29 is 5.11 Å². The molecule has 1 aromatic carbocycles. The van der Waals surface area contributed by atoms with Gasteiger partial charge in [0.05, 0.1) is 0 Å². The van der Waals surface area contributed by atoms with Gasteiger partial charge >= 0.3 is 0 Å². The number of phenolic OH excluding ortho intramolecular Hbond substituents is 1. The molecule has 2 rings (SSSR count). The first-order chi connectivity index (χ1) is 7.66. The van der Waals surface area contributed by atoms with Crippen LogP contribution in [0.25, 0.3) is 0 Å². The third-order valence-electron chi connectivity index (χ3n) is 3.27. The van der Waals surface area contributed by atoms with E-state index in [2.05, 4.69) is 24.1 Å². The molecule has 2 N–H and O–H groups in total. The molecule has 1 fully saturated rings. The van der Waals surface area contributed by atoms with Crippen LogP contribution >= 0.6 is 0 Å². The summed E-state index contributed by atoms with van der Waals surface area (Å²) in [7, 11) is 0. The number of hydrogen-bond donors (Lipinski definition) is 2. The molecule has 0 aliphatic carbocycles. The van der Waals surface area contributed by atoms with Crippen molar-refractivity contribution in [3.63, 3.8) is 0 Å². The first-order valence-electron chi connectivity index (χ1n) is 5.89. The Bertz CT molecular complexity index is 347. The standard InChI is InChI=1S/C13H20N2O/c1-10-7-12(16)8-11(2)13(10)9-15-5-3-14-4-6-15/h7-8,14,16H,3-6,9H2,1-2H3.